The summed E-state index contributed by atoms with van der Waals surface area (Å²) in [7, 11) is 0. The van der Waals surface area contributed by atoms with Crippen molar-refractivity contribution in [2.24, 2.45) is 0 Å². The Balaban J connectivity index is 1.79. The van der Waals surface area contributed by atoms with Crippen LogP contribution in [0.3, 0.4) is 0 Å². The molecular weight excluding hydrogens is 366 g/mol. The van der Waals surface area contributed by atoms with Crippen molar-refractivity contribution >= 4 is 11.9 Å². The van der Waals surface area contributed by atoms with E-state index in [2.05, 4.69) is 25.6 Å². The normalized spacial score (nSPS) is 12.1. The molecule has 0 saturated heterocycles. The third kappa shape index (κ3) is 5.00. The quantitative estimate of drug-likeness (QED) is 0.493. The second-order valence-electron chi connectivity index (χ2n) is 7.45. The van der Waals surface area contributed by atoms with Crippen LogP contribution < -0.4 is 10.6 Å². The van der Waals surface area contributed by atoms with Crippen molar-refractivity contribution in [3.8, 4) is 11.3 Å². The van der Waals surface area contributed by atoms with Crippen molar-refractivity contribution in [1.82, 2.24) is 20.3 Å². The summed E-state index contributed by atoms with van der Waals surface area (Å²) in [6, 6.07) is 9.23. The number of anilines is 1. The maximum Gasteiger partial charge on any atom is 0.268 e. The summed E-state index contributed by atoms with van der Waals surface area (Å²) >= 11 is 0. The number of hydrogen-bond donors (Lipinski definition) is 4. The summed E-state index contributed by atoms with van der Waals surface area (Å²) in [6.45, 7) is 7.77. The number of aliphatic hydroxyl groups is 1. The number of carbonyl (C=O) groups is 1. The molecule has 7 heteroatoms. The fourth-order valence-corrected chi connectivity index (χ4v) is 3.08. The van der Waals surface area contributed by atoms with Gasteiger partial charge in [0.15, 0.2) is 0 Å². The van der Waals surface area contributed by atoms with E-state index in [1.807, 2.05) is 52.0 Å². The van der Waals surface area contributed by atoms with Gasteiger partial charge in [-0.05, 0) is 44.9 Å². The van der Waals surface area contributed by atoms with Gasteiger partial charge in [0.1, 0.15) is 5.69 Å². The van der Waals surface area contributed by atoms with Crippen LogP contribution in [0.1, 0.15) is 47.1 Å². The number of carbonyl (C=O) groups excluding carboxylic acids is 1. The number of aryl methyl sites for hydroxylation is 2. The molecule has 0 aliphatic rings. The molecule has 0 bridgehead atoms. The number of nitrogens with zero attached hydrogens (tertiary/aromatic N) is 2. The van der Waals surface area contributed by atoms with Crippen LogP contribution in [0, 0.1) is 13.8 Å². The summed E-state index contributed by atoms with van der Waals surface area (Å²) in [4.78, 5) is 24.6. The Morgan fingerprint density at radius 2 is 2.03 bits per heavy atom. The zero-order chi connectivity index (χ0) is 21.0. The average Bonchev–Trinajstić information content (AvgIpc) is 3.17. The second kappa shape index (κ2) is 8.87. The highest BCUT2D eigenvalue weighted by atomic mass is 16.3. The molecule has 0 aliphatic carbocycles. The Kier molecular flexibility index (Phi) is 6.29. The molecule has 2 heterocycles. The average molecular weight is 393 g/mol. The molecule has 1 aromatic carbocycles. The molecule has 0 aliphatic heterocycles. The molecule has 2 aromatic heterocycles. The first kappa shape index (κ1) is 20.5. The van der Waals surface area contributed by atoms with Crippen molar-refractivity contribution in [2.75, 3.05) is 11.9 Å². The Labute approximate surface area is 170 Å². The van der Waals surface area contributed by atoms with Gasteiger partial charge in [0.05, 0.1) is 18.3 Å². The molecule has 0 fully saturated rings. The smallest absolute Gasteiger partial charge is 0.268 e. The molecule has 0 radical (unpaired) electrons. The number of aliphatic hydroxyl groups excluding tert-OH is 1. The highest BCUT2D eigenvalue weighted by Crippen LogP contribution is 2.23. The molecule has 3 rings (SSSR count). The third-order valence-electron chi connectivity index (χ3n) is 4.52. The van der Waals surface area contributed by atoms with Crippen molar-refractivity contribution in [3.63, 3.8) is 0 Å². The summed E-state index contributed by atoms with van der Waals surface area (Å²) in [5.74, 6) is 0.261. The number of aromatic amines is 1. The van der Waals surface area contributed by atoms with Gasteiger partial charge in [0, 0.05) is 24.0 Å². The van der Waals surface area contributed by atoms with Gasteiger partial charge in [0.25, 0.3) is 5.91 Å². The molecule has 29 heavy (non-hydrogen) atoms. The van der Waals surface area contributed by atoms with Crippen molar-refractivity contribution in [1.29, 1.82) is 0 Å². The highest BCUT2D eigenvalue weighted by molar-refractivity contribution is 5.94. The van der Waals surface area contributed by atoms with Gasteiger partial charge in [0.2, 0.25) is 5.95 Å². The lowest BCUT2D eigenvalue weighted by molar-refractivity contribution is 0.0911. The van der Waals surface area contributed by atoms with Gasteiger partial charge >= 0.3 is 0 Å². The van der Waals surface area contributed by atoms with E-state index in [4.69, 9.17) is 0 Å². The lowest BCUT2D eigenvalue weighted by Gasteiger charge is -2.16. The zero-order valence-corrected chi connectivity index (χ0v) is 17.2. The van der Waals surface area contributed by atoms with E-state index >= 15 is 0 Å². The number of aromatic nitrogens is 3. The molecule has 152 valence electrons. The van der Waals surface area contributed by atoms with E-state index in [1.54, 1.807) is 18.5 Å². The van der Waals surface area contributed by atoms with Crippen LogP contribution in [0.15, 0.2) is 42.7 Å². The van der Waals surface area contributed by atoms with E-state index in [-0.39, 0.29) is 18.6 Å². The van der Waals surface area contributed by atoms with Crippen LogP contribution in [0.4, 0.5) is 5.95 Å². The Bertz CT molecular complexity index is 996. The highest BCUT2D eigenvalue weighted by Gasteiger charge is 2.18. The fourth-order valence-electron chi connectivity index (χ4n) is 3.08. The lowest BCUT2D eigenvalue weighted by Crippen LogP contribution is -2.31. The summed E-state index contributed by atoms with van der Waals surface area (Å²) in [6.07, 6.45) is 3.52. The molecule has 0 spiro atoms. The molecule has 3 aromatic rings. The standard InChI is InChI=1S/C22H27N5O2/c1-13(2)25-22-24-10-15(4)20(27-22)17-9-18(23-11-17)21(29)26-19(12-28)16-7-5-6-14(3)8-16/h5-11,13,19,23,28H,12H2,1-4H3,(H,26,29)(H,24,25,27)/t19-/m1/s1. The lowest BCUT2D eigenvalue weighted by atomic mass is 10.0. The number of hydrogen-bond acceptors (Lipinski definition) is 5. The molecule has 7 nitrogen and oxygen atoms in total. The van der Waals surface area contributed by atoms with Crippen LogP contribution in [-0.4, -0.2) is 38.6 Å². The number of benzene rings is 1. The van der Waals surface area contributed by atoms with Crippen molar-refractivity contribution < 1.29 is 9.90 Å². The second-order valence-corrected chi connectivity index (χ2v) is 7.45. The predicted octanol–water partition coefficient (Wildman–Crippen LogP) is 3.37. The first-order valence-electron chi connectivity index (χ1n) is 9.64. The predicted molar refractivity (Wildman–Crippen MR) is 114 cm³/mol. The first-order valence-corrected chi connectivity index (χ1v) is 9.64. The van der Waals surface area contributed by atoms with Gasteiger partial charge < -0.3 is 20.7 Å². The zero-order valence-electron chi connectivity index (χ0n) is 17.2. The van der Waals surface area contributed by atoms with E-state index in [0.29, 0.717) is 11.6 Å². The number of H-pyrrole nitrogens is 1. The largest absolute Gasteiger partial charge is 0.394 e. The SMILES string of the molecule is Cc1cccc([C@@H](CO)NC(=O)c2cc(-c3nc(NC(C)C)ncc3C)c[nH]2)c1. The minimum absolute atomic E-state index is 0.183. The topological polar surface area (TPSA) is 103 Å². The van der Waals surface area contributed by atoms with E-state index in [0.717, 1.165) is 27.9 Å². The fraction of sp³-hybridized carbons (Fsp3) is 0.318. The van der Waals surface area contributed by atoms with E-state index < -0.39 is 6.04 Å². The Morgan fingerprint density at radius 1 is 1.24 bits per heavy atom. The van der Waals surface area contributed by atoms with Crippen LogP contribution in [0.5, 0.6) is 0 Å². The van der Waals surface area contributed by atoms with E-state index in [9.17, 15) is 9.90 Å². The monoisotopic (exact) mass is 393 g/mol. The van der Waals surface area contributed by atoms with Gasteiger partial charge in [-0.1, -0.05) is 29.8 Å². The van der Waals surface area contributed by atoms with Crippen LogP contribution in [0.25, 0.3) is 11.3 Å². The minimum atomic E-state index is -0.475. The number of amides is 1. The Morgan fingerprint density at radius 3 is 2.72 bits per heavy atom. The molecule has 1 atom stereocenters. The van der Waals surface area contributed by atoms with Gasteiger partial charge in [-0.25, -0.2) is 9.97 Å². The molecule has 0 saturated carbocycles. The first-order chi connectivity index (χ1) is 13.9. The summed E-state index contributed by atoms with van der Waals surface area (Å²) in [5, 5.41) is 15.8. The van der Waals surface area contributed by atoms with Gasteiger partial charge in [-0.15, -0.1) is 0 Å². The molecule has 4 N–H and O–H groups in total. The molecular formula is C22H27N5O2. The number of nitrogens with one attached hydrogen (secondary N) is 3. The molecule has 1 amide bonds. The summed E-state index contributed by atoms with van der Waals surface area (Å²) < 4.78 is 0. The third-order valence-corrected chi connectivity index (χ3v) is 4.52. The minimum Gasteiger partial charge on any atom is -0.394 e. The van der Waals surface area contributed by atoms with Gasteiger partial charge in [-0.2, -0.15) is 0 Å². The van der Waals surface area contributed by atoms with Gasteiger partial charge in [-0.3, -0.25) is 4.79 Å². The van der Waals surface area contributed by atoms with Crippen molar-refractivity contribution in [2.45, 2.75) is 39.8 Å². The van der Waals surface area contributed by atoms with Crippen LogP contribution in [0.2, 0.25) is 0 Å². The Hall–Kier alpha value is -3.19. The van der Waals surface area contributed by atoms with Crippen LogP contribution >= 0.6 is 0 Å². The molecule has 0 unspecified atom stereocenters. The maximum atomic E-state index is 12.7. The van der Waals surface area contributed by atoms with Crippen LogP contribution in [-0.2, 0) is 0 Å². The van der Waals surface area contributed by atoms with Crippen molar-refractivity contribution in [3.05, 3.63) is 65.1 Å². The number of rotatable bonds is 7. The summed E-state index contributed by atoms with van der Waals surface area (Å²) in [5.41, 5.74) is 4.82. The maximum absolute atomic E-state index is 12.7. The van der Waals surface area contributed by atoms with E-state index in [1.165, 1.54) is 0 Å².